The summed E-state index contributed by atoms with van der Waals surface area (Å²) >= 11 is 4.38. The van der Waals surface area contributed by atoms with Gasteiger partial charge in [-0.15, -0.1) is 0 Å². The molecule has 0 saturated carbocycles. The molecule has 0 aromatic heterocycles. The van der Waals surface area contributed by atoms with Crippen LogP contribution in [0.15, 0.2) is 66.2 Å². The van der Waals surface area contributed by atoms with Crippen molar-refractivity contribution in [2.75, 3.05) is 11.9 Å². The number of rotatable bonds is 8. The van der Waals surface area contributed by atoms with Crippen LogP contribution in [-0.4, -0.2) is 18.5 Å². The number of carbonyl (C=O) groups excluding carboxylic acids is 2. The number of anilines is 1. The standard InChI is InChI=1S/C27H22I2N2O4/c1-3-34-27(33)20-8-10-22(11-9-20)31-26(32)21(15-30)12-19-13-23(28)25(24(29)14-19)35-16-18-6-4-17(2)5-7-18/h4-14H,3,16H2,1-2H3,(H,31,32)/b21-12+. The van der Waals surface area contributed by atoms with Gasteiger partial charge in [-0.25, -0.2) is 4.79 Å². The van der Waals surface area contributed by atoms with Crippen LogP contribution in [0, 0.1) is 25.4 Å². The lowest BCUT2D eigenvalue weighted by atomic mass is 10.1. The van der Waals surface area contributed by atoms with Crippen LogP contribution < -0.4 is 10.1 Å². The number of nitrogens with zero attached hydrogens (tertiary/aromatic N) is 1. The molecule has 3 aromatic carbocycles. The quantitative estimate of drug-likeness (QED) is 0.126. The van der Waals surface area contributed by atoms with Crippen LogP contribution in [0.25, 0.3) is 6.08 Å². The number of halogens is 2. The summed E-state index contributed by atoms with van der Waals surface area (Å²) in [6.45, 7) is 4.50. The second kappa shape index (κ2) is 12.7. The number of hydrogen-bond donors (Lipinski definition) is 1. The molecule has 8 heteroatoms. The highest BCUT2D eigenvalue weighted by molar-refractivity contribution is 14.1. The van der Waals surface area contributed by atoms with Crippen molar-refractivity contribution in [1.82, 2.24) is 0 Å². The molecule has 0 atom stereocenters. The van der Waals surface area contributed by atoms with Crippen LogP contribution >= 0.6 is 45.2 Å². The molecular weight excluding hydrogens is 670 g/mol. The molecule has 0 aliphatic carbocycles. The topological polar surface area (TPSA) is 88.4 Å². The molecule has 35 heavy (non-hydrogen) atoms. The molecule has 1 N–H and O–H groups in total. The molecule has 0 saturated heterocycles. The normalized spacial score (nSPS) is 10.9. The second-order valence-electron chi connectivity index (χ2n) is 7.51. The molecule has 0 spiro atoms. The van der Waals surface area contributed by atoms with Gasteiger partial charge in [0.05, 0.1) is 19.3 Å². The molecule has 0 unspecified atom stereocenters. The van der Waals surface area contributed by atoms with Crippen LogP contribution in [0.2, 0.25) is 0 Å². The number of nitriles is 1. The van der Waals surface area contributed by atoms with Crippen molar-refractivity contribution in [3.05, 3.63) is 95.6 Å². The minimum absolute atomic E-state index is 0.0422. The van der Waals surface area contributed by atoms with E-state index >= 15 is 0 Å². The molecule has 3 rings (SSSR count). The zero-order valence-electron chi connectivity index (χ0n) is 19.1. The fraction of sp³-hybridized carbons (Fsp3) is 0.148. The van der Waals surface area contributed by atoms with Crippen LogP contribution in [0.1, 0.15) is 34.0 Å². The van der Waals surface area contributed by atoms with Gasteiger partial charge in [0.15, 0.2) is 0 Å². The Morgan fingerprint density at radius 1 is 1.03 bits per heavy atom. The van der Waals surface area contributed by atoms with Crippen molar-refractivity contribution >= 4 is 68.8 Å². The fourth-order valence-corrected chi connectivity index (χ4v) is 5.19. The molecule has 1 amide bonds. The molecule has 178 valence electrons. The maximum Gasteiger partial charge on any atom is 0.338 e. The maximum absolute atomic E-state index is 12.7. The Bertz CT molecular complexity index is 1270. The third-order valence-corrected chi connectivity index (χ3v) is 6.46. The van der Waals surface area contributed by atoms with E-state index in [0.717, 1.165) is 18.5 Å². The first-order chi connectivity index (χ1) is 16.8. The Morgan fingerprint density at radius 2 is 1.66 bits per heavy atom. The second-order valence-corrected chi connectivity index (χ2v) is 9.83. The predicted octanol–water partition coefficient (Wildman–Crippen LogP) is 6.51. The first kappa shape index (κ1) is 26.7. The van der Waals surface area contributed by atoms with Crippen molar-refractivity contribution in [2.24, 2.45) is 0 Å². The minimum atomic E-state index is -0.541. The number of nitrogens with one attached hydrogen (secondary N) is 1. The molecular formula is C27H22I2N2O4. The van der Waals surface area contributed by atoms with E-state index in [1.165, 1.54) is 11.6 Å². The number of hydrogen-bond acceptors (Lipinski definition) is 5. The zero-order valence-corrected chi connectivity index (χ0v) is 23.4. The third kappa shape index (κ3) is 7.53. The van der Waals surface area contributed by atoms with Gasteiger partial charge in [-0.1, -0.05) is 29.8 Å². The molecule has 0 radical (unpaired) electrons. The number of benzene rings is 3. The first-order valence-electron chi connectivity index (χ1n) is 10.7. The average molecular weight is 692 g/mol. The Labute approximate surface area is 231 Å². The van der Waals surface area contributed by atoms with Gasteiger partial charge < -0.3 is 14.8 Å². The van der Waals surface area contributed by atoms with E-state index < -0.39 is 11.9 Å². The lowest BCUT2D eigenvalue weighted by Gasteiger charge is -2.12. The van der Waals surface area contributed by atoms with Crippen LogP contribution in [0.4, 0.5) is 5.69 Å². The van der Waals surface area contributed by atoms with E-state index in [1.807, 2.05) is 49.4 Å². The van der Waals surface area contributed by atoms with Crippen molar-refractivity contribution in [2.45, 2.75) is 20.5 Å². The Hall–Kier alpha value is -2.91. The first-order valence-corrected chi connectivity index (χ1v) is 12.8. The van der Waals surface area contributed by atoms with E-state index in [9.17, 15) is 14.9 Å². The Kier molecular flexibility index (Phi) is 9.68. The summed E-state index contributed by atoms with van der Waals surface area (Å²) in [5.74, 6) is -0.215. The summed E-state index contributed by atoms with van der Waals surface area (Å²) in [6, 6.07) is 20.2. The Morgan fingerprint density at radius 3 is 2.23 bits per heavy atom. The third-order valence-electron chi connectivity index (χ3n) is 4.85. The number of esters is 1. The van der Waals surface area contributed by atoms with E-state index in [2.05, 4.69) is 50.5 Å². The van der Waals surface area contributed by atoms with Crippen LogP contribution in [-0.2, 0) is 16.1 Å². The van der Waals surface area contributed by atoms with E-state index in [-0.39, 0.29) is 12.2 Å². The number of aryl methyl sites for hydroxylation is 1. The highest BCUT2D eigenvalue weighted by Gasteiger charge is 2.13. The molecule has 0 fully saturated rings. The molecule has 0 aliphatic heterocycles. The predicted molar refractivity (Wildman–Crippen MR) is 152 cm³/mol. The molecule has 0 bridgehead atoms. The van der Waals surface area contributed by atoms with Gasteiger partial charge in [0.2, 0.25) is 0 Å². The van der Waals surface area contributed by atoms with Crippen molar-refractivity contribution in [1.29, 1.82) is 5.26 Å². The average Bonchev–Trinajstić information content (AvgIpc) is 2.83. The van der Waals surface area contributed by atoms with Gasteiger partial charge in [0.1, 0.15) is 24.0 Å². The van der Waals surface area contributed by atoms with Crippen molar-refractivity contribution < 1.29 is 19.1 Å². The summed E-state index contributed by atoms with van der Waals surface area (Å²) in [5, 5.41) is 12.2. The molecule has 3 aromatic rings. The smallest absolute Gasteiger partial charge is 0.338 e. The summed E-state index contributed by atoms with van der Waals surface area (Å²) in [4.78, 5) is 24.4. The summed E-state index contributed by atoms with van der Waals surface area (Å²) < 4.78 is 12.7. The molecule has 6 nitrogen and oxygen atoms in total. The Balaban J connectivity index is 1.71. The van der Waals surface area contributed by atoms with Gasteiger partial charge in [0.25, 0.3) is 5.91 Å². The number of amides is 1. The highest BCUT2D eigenvalue weighted by atomic mass is 127. The fourth-order valence-electron chi connectivity index (χ4n) is 3.06. The van der Waals surface area contributed by atoms with Gasteiger partial charge in [-0.05, 0) is 113 Å². The number of ether oxygens (including phenoxy) is 2. The summed E-state index contributed by atoms with van der Waals surface area (Å²) in [5.41, 5.74) is 3.79. The minimum Gasteiger partial charge on any atom is -0.487 e. The van der Waals surface area contributed by atoms with E-state index in [1.54, 1.807) is 31.2 Å². The van der Waals surface area contributed by atoms with E-state index in [4.69, 9.17) is 9.47 Å². The lowest BCUT2D eigenvalue weighted by molar-refractivity contribution is -0.112. The zero-order chi connectivity index (χ0) is 25.4. The lowest BCUT2D eigenvalue weighted by Crippen LogP contribution is -2.13. The monoisotopic (exact) mass is 692 g/mol. The van der Waals surface area contributed by atoms with Crippen LogP contribution in [0.3, 0.4) is 0 Å². The number of carbonyl (C=O) groups is 2. The van der Waals surface area contributed by atoms with Gasteiger partial charge in [-0.3, -0.25) is 4.79 Å². The SMILES string of the molecule is CCOC(=O)c1ccc(NC(=O)/C(C#N)=C/c2cc(I)c(OCc3ccc(C)cc3)c(I)c2)cc1. The summed E-state index contributed by atoms with van der Waals surface area (Å²) in [6.07, 6.45) is 1.54. The van der Waals surface area contributed by atoms with E-state index in [0.29, 0.717) is 23.4 Å². The van der Waals surface area contributed by atoms with Gasteiger partial charge in [-0.2, -0.15) is 5.26 Å². The van der Waals surface area contributed by atoms with Gasteiger partial charge in [0, 0.05) is 5.69 Å². The van der Waals surface area contributed by atoms with Crippen molar-refractivity contribution in [3.8, 4) is 11.8 Å². The highest BCUT2D eigenvalue weighted by Crippen LogP contribution is 2.30. The van der Waals surface area contributed by atoms with Gasteiger partial charge >= 0.3 is 5.97 Å². The van der Waals surface area contributed by atoms with Crippen molar-refractivity contribution in [3.63, 3.8) is 0 Å². The van der Waals surface area contributed by atoms with Crippen LogP contribution in [0.5, 0.6) is 5.75 Å². The maximum atomic E-state index is 12.7. The summed E-state index contributed by atoms with van der Waals surface area (Å²) in [7, 11) is 0. The largest absolute Gasteiger partial charge is 0.487 e. The molecule has 0 aliphatic rings. The molecule has 0 heterocycles.